The van der Waals surface area contributed by atoms with Crippen LogP contribution in [0.25, 0.3) is 0 Å². The van der Waals surface area contributed by atoms with E-state index in [-0.39, 0.29) is 5.91 Å². The summed E-state index contributed by atoms with van der Waals surface area (Å²) in [4.78, 5) is 26.3. The fourth-order valence-electron chi connectivity index (χ4n) is 2.13. The van der Waals surface area contributed by atoms with Crippen LogP contribution in [0, 0.1) is 0 Å². The summed E-state index contributed by atoms with van der Waals surface area (Å²) in [5, 5.41) is 3.28. The first-order valence-corrected chi connectivity index (χ1v) is 7.45. The number of likely N-dealkylation sites (N-methyl/N-ethyl adjacent to an activating group) is 1. The highest BCUT2D eigenvalue weighted by atomic mass is 16.2. The Morgan fingerprint density at radius 2 is 2.09 bits per heavy atom. The molecule has 2 aromatic rings. The monoisotopic (exact) mass is 297 g/mol. The van der Waals surface area contributed by atoms with E-state index in [2.05, 4.69) is 20.3 Å². The first kappa shape index (κ1) is 14.4. The Labute approximate surface area is 129 Å². The van der Waals surface area contributed by atoms with Gasteiger partial charge >= 0.3 is 0 Å². The van der Waals surface area contributed by atoms with Gasteiger partial charge in [0.05, 0.1) is 0 Å². The maximum Gasteiger partial charge on any atom is 0.272 e. The summed E-state index contributed by atoms with van der Waals surface area (Å²) in [7, 11) is 1.79. The average Bonchev–Trinajstić information content (AvgIpc) is 3.37. The van der Waals surface area contributed by atoms with Crippen LogP contribution in [0.15, 0.2) is 36.9 Å². The van der Waals surface area contributed by atoms with E-state index in [1.54, 1.807) is 30.4 Å². The van der Waals surface area contributed by atoms with Crippen LogP contribution in [0.4, 0.5) is 5.82 Å². The molecule has 1 fully saturated rings. The van der Waals surface area contributed by atoms with Crippen LogP contribution in [0.3, 0.4) is 0 Å². The molecule has 1 saturated carbocycles. The first-order valence-electron chi connectivity index (χ1n) is 7.45. The van der Waals surface area contributed by atoms with Gasteiger partial charge in [-0.05, 0) is 37.0 Å². The molecule has 1 amide bonds. The van der Waals surface area contributed by atoms with E-state index in [0.717, 1.165) is 17.8 Å². The molecule has 0 unspecified atom stereocenters. The number of aromatic nitrogens is 3. The molecule has 1 N–H and O–H groups in total. The molecule has 114 valence electrons. The van der Waals surface area contributed by atoms with Crippen molar-refractivity contribution < 1.29 is 4.79 Å². The van der Waals surface area contributed by atoms with Gasteiger partial charge in [0.2, 0.25) is 0 Å². The molecule has 1 aliphatic rings. The molecule has 0 radical (unpaired) electrons. The largest absolute Gasteiger partial charge is 0.367 e. The van der Waals surface area contributed by atoms with Gasteiger partial charge in [-0.15, -0.1) is 0 Å². The number of rotatable bonds is 6. The Hall–Kier alpha value is -2.50. The fraction of sp³-hybridized carbons (Fsp3) is 0.375. The molecule has 3 rings (SSSR count). The third kappa shape index (κ3) is 3.78. The average molecular weight is 297 g/mol. The lowest BCUT2D eigenvalue weighted by molar-refractivity contribution is 0.0790. The van der Waals surface area contributed by atoms with E-state index in [9.17, 15) is 4.79 Å². The molecule has 0 saturated heterocycles. The van der Waals surface area contributed by atoms with E-state index in [1.165, 1.54) is 19.2 Å². The summed E-state index contributed by atoms with van der Waals surface area (Å²) >= 11 is 0. The van der Waals surface area contributed by atoms with Crippen molar-refractivity contribution in [1.29, 1.82) is 0 Å². The number of hydrogen-bond donors (Lipinski definition) is 1. The normalized spacial score (nSPS) is 13.7. The number of carbonyl (C=O) groups excluding carboxylic acids is 1. The quantitative estimate of drug-likeness (QED) is 0.879. The molecule has 2 heterocycles. The maximum atomic E-state index is 12.4. The molecular weight excluding hydrogens is 278 g/mol. The van der Waals surface area contributed by atoms with Crippen LogP contribution in [0.5, 0.6) is 0 Å². The van der Waals surface area contributed by atoms with Crippen molar-refractivity contribution in [1.82, 2.24) is 19.9 Å². The van der Waals surface area contributed by atoms with Crippen LogP contribution in [-0.4, -0.2) is 45.4 Å². The minimum absolute atomic E-state index is 0.0877. The van der Waals surface area contributed by atoms with Gasteiger partial charge in [-0.1, -0.05) is 0 Å². The maximum absolute atomic E-state index is 12.4. The van der Waals surface area contributed by atoms with Gasteiger partial charge in [0, 0.05) is 38.1 Å². The second-order valence-electron chi connectivity index (χ2n) is 5.54. The lowest BCUT2D eigenvalue weighted by Crippen LogP contribution is -2.29. The molecule has 6 nitrogen and oxygen atoms in total. The number of hydrogen-bond acceptors (Lipinski definition) is 5. The number of amides is 1. The van der Waals surface area contributed by atoms with Crippen molar-refractivity contribution in [3.63, 3.8) is 0 Å². The SMILES string of the molecule is CN(CCc1ccncc1)C(=O)c1cc(NC2CC2)ncn1. The smallest absolute Gasteiger partial charge is 0.272 e. The van der Waals surface area contributed by atoms with Gasteiger partial charge in [0.25, 0.3) is 5.91 Å². The van der Waals surface area contributed by atoms with E-state index >= 15 is 0 Å². The van der Waals surface area contributed by atoms with Crippen LogP contribution in [-0.2, 0) is 6.42 Å². The van der Waals surface area contributed by atoms with Gasteiger partial charge in [-0.25, -0.2) is 9.97 Å². The summed E-state index contributed by atoms with van der Waals surface area (Å²) in [5.74, 6) is 0.638. The van der Waals surface area contributed by atoms with E-state index in [0.29, 0.717) is 18.3 Å². The van der Waals surface area contributed by atoms with Crippen molar-refractivity contribution >= 4 is 11.7 Å². The molecule has 0 aliphatic heterocycles. The number of anilines is 1. The minimum Gasteiger partial charge on any atom is -0.367 e. The Morgan fingerprint density at radius 3 is 2.82 bits per heavy atom. The number of pyridine rings is 1. The zero-order valence-electron chi connectivity index (χ0n) is 12.6. The zero-order valence-corrected chi connectivity index (χ0v) is 12.6. The van der Waals surface area contributed by atoms with Crippen LogP contribution < -0.4 is 5.32 Å². The van der Waals surface area contributed by atoms with Crippen molar-refractivity contribution in [3.05, 3.63) is 48.2 Å². The van der Waals surface area contributed by atoms with Crippen LogP contribution in [0.2, 0.25) is 0 Å². The van der Waals surface area contributed by atoms with Gasteiger partial charge in [-0.3, -0.25) is 9.78 Å². The Morgan fingerprint density at radius 1 is 1.32 bits per heavy atom. The lowest BCUT2D eigenvalue weighted by atomic mass is 10.2. The Kier molecular flexibility index (Phi) is 4.27. The van der Waals surface area contributed by atoms with Crippen LogP contribution >= 0.6 is 0 Å². The molecule has 0 aromatic carbocycles. The number of nitrogens with one attached hydrogen (secondary N) is 1. The third-order valence-corrected chi connectivity index (χ3v) is 3.65. The second kappa shape index (κ2) is 6.51. The standard InChI is InChI=1S/C16H19N5O/c1-21(9-6-12-4-7-17-8-5-12)16(22)14-10-15(19-11-18-14)20-13-2-3-13/h4-5,7-8,10-11,13H,2-3,6,9H2,1H3,(H,18,19,20). The van der Waals surface area contributed by atoms with Crippen LogP contribution in [0.1, 0.15) is 28.9 Å². The highest BCUT2D eigenvalue weighted by Gasteiger charge is 2.22. The molecule has 0 atom stereocenters. The van der Waals surface area contributed by atoms with Gasteiger partial charge in [-0.2, -0.15) is 0 Å². The third-order valence-electron chi connectivity index (χ3n) is 3.65. The molecule has 0 spiro atoms. The zero-order chi connectivity index (χ0) is 15.4. The highest BCUT2D eigenvalue weighted by molar-refractivity contribution is 5.92. The Balaban J connectivity index is 1.59. The number of carbonyl (C=O) groups is 1. The van der Waals surface area contributed by atoms with E-state index in [4.69, 9.17) is 0 Å². The summed E-state index contributed by atoms with van der Waals surface area (Å²) in [6.07, 6.45) is 8.09. The molecular formula is C16H19N5O. The minimum atomic E-state index is -0.0877. The van der Waals surface area contributed by atoms with Crippen molar-refractivity contribution in [3.8, 4) is 0 Å². The van der Waals surface area contributed by atoms with Crippen molar-refractivity contribution in [2.24, 2.45) is 0 Å². The van der Waals surface area contributed by atoms with Gasteiger partial charge in [0.1, 0.15) is 17.8 Å². The first-order chi connectivity index (χ1) is 10.7. The fourth-order valence-corrected chi connectivity index (χ4v) is 2.13. The molecule has 6 heteroatoms. The lowest BCUT2D eigenvalue weighted by Gasteiger charge is -2.17. The summed E-state index contributed by atoms with van der Waals surface area (Å²) in [6.45, 7) is 0.637. The predicted octanol–water partition coefficient (Wildman–Crippen LogP) is 1.76. The Bertz CT molecular complexity index is 642. The second-order valence-corrected chi connectivity index (χ2v) is 5.54. The topological polar surface area (TPSA) is 71.0 Å². The molecule has 2 aromatic heterocycles. The summed E-state index contributed by atoms with van der Waals surface area (Å²) in [6, 6.07) is 6.15. The van der Waals surface area contributed by atoms with E-state index in [1.807, 2.05) is 12.1 Å². The molecule has 22 heavy (non-hydrogen) atoms. The number of nitrogens with zero attached hydrogens (tertiary/aromatic N) is 4. The van der Waals surface area contributed by atoms with Gasteiger partial charge in [0.15, 0.2) is 0 Å². The highest BCUT2D eigenvalue weighted by Crippen LogP contribution is 2.23. The molecule has 1 aliphatic carbocycles. The van der Waals surface area contributed by atoms with E-state index < -0.39 is 0 Å². The van der Waals surface area contributed by atoms with Gasteiger partial charge < -0.3 is 10.2 Å². The van der Waals surface area contributed by atoms with Crippen molar-refractivity contribution in [2.45, 2.75) is 25.3 Å². The van der Waals surface area contributed by atoms with Crippen molar-refractivity contribution in [2.75, 3.05) is 18.9 Å². The summed E-state index contributed by atoms with van der Waals surface area (Å²) in [5.41, 5.74) is 1.59. The molecule has 0 bridgehead atoms. The summed E-state index contributed by atoms with van der Waals surface area (Å²) < 4.78 is 0. The predicted molar refractivity (Wildman–Crippen MR) is 83.6 cm³/mol.